The normalized spacial score (nSPS) is 13.3. The van der Waals surface area contributed by atoms with Gasteiger partial charge in [0.05, 0.1) is 11.4 Å². The number of benzene rings is 1. The summed E-state index contributed by atoms with van der Waals surface area (Å²) in [6.07, 6.45) is 3.08. The van der Waals surface area contributed by atoms with Gasteiger partial charge in [-0.25, -0.2) is 15.0 Å². The van der Waals surface area contributed by atoms with Gasteiger partial charge in [0.1, 0.15) is 17.3 Å². The summed E-state index contributed by atoms with van der Waals surface area (Å²) in [4.78, 5) is 28.3. The Morgan fingerprint density at radius 1 is 1.07 bits per heavy atom. The monoisotopic (exact) mass is 376 g/mol. The number of fused-ring (bicyclic) bond motifs is 1. The molecule has 3 aromatic rings. The molecule has 3 heterocycles. The van der Waals surface area contributed by atoms with Crippen molar-refractivity contribution in [1.82, 2.24) is 15.0 Å². The van der Waals surface area contributed by atoms with Gasteiger partial charge >= 0.3 is 0 Å². The summed E-state index contributed by atoms with van der Waals surface area (Å²) in [5, 5.41) is 0. The molecule has 0 radical (unpaired) electrons. The SMILES string of the molecule is O=C(Cc1ccccc1)c1cccc(N2CCc3nc(CS)ncc3C2)n1. The second-order valence-corrected chi connectivity index (χ2v) is 6.87. The second kappa shape index (κ2) is 7.88. The van der Waals surface area contributed by atoms with Crippen LogP contribution in [0.4, 0.5) is 5.82 Å². The van der Waals surface area contributed by atoms with E-state index in [1.54, 1.807) is 6.07 Å². The summed E-state index contributed by atoms with van der Waals surface area (Å²) in [6.45, 7) is 1.52. The Morgan fingerprint density at radius 3 is 2.74 bits per heavy atom. The van der Waals surface area contributed by atoms with Crippen LogP contribution in [0.2, 0.25) is 0 Å². The van der Waals surface area contributed by atoms with Crippen molar-refractivity contribution in [1.29, 1.82) is 0 Å². The van der Waals surface area contributed by atoms with Crippen LogP contribution in [0.5, 0.6) is 0 Å². The third-order valence-corrected chi connectivity index (χ3v) is 4.96. The molecular formula is C21H20N4OS. The van der Waals surface area contributed by atoms with Crippen molar-refractivity contribution in [2.24, 2.45) is 0 Å². The first-order valence-electron chi connectivity index (χ1n) is 8.96. The van der Waals surface area contributed by atoms with Gasteiger partial charge < -0.3 is 4.90 Å². The van der Waals surface area contributed by atoms with E-state index in [-0.39, 0.29) is 5.78 Å². The fourth-order valence-corrected chi connectivity index (χ4v) is 3.41. The van der Waals surface area contributed by atoms with E-state index < -0.39 is 0 Å². The largest absolute Gasteiger partial charge is 0.352 e. The van der Waals surface area contributed by atoms with Crippen LogP contribution >= 0.6 is 12.6 Å². The Morgan fingerprint density at radius 2 is 1.93 bits per heavy atom. The van der Waals surface area contributed by atoms with E-state index in [1.807, 2.05) is 48.7 Å². The lowest BCUT2D eigenvalue weighted by molar-refractivity contribution is 0.0988. The molecule has 2 aromatic heterocycles. The van der Waals surface area contributed by atoms with Gasteiger partial charge in [0.25, 0.3) is 0 Å². The van der Waals surface area contributed by atoms with E-state index in [0.29, 0.717) is 24.4 Å². The van der Waals surface area contributed by atoms with Crippen LogP contribution in [-0.4, -0.2) is 27.3 Å². The lowest BCUT2D eigenvalue weighted by Crippen LogP contribution is -2.32. The van der Waals surface area contributed by atoms with E-state index in [2.05, 4.69) is 32.5 Å². The fourth-order valence-electron chi connectivity index (χ4n) is 3.26. The Labute approximate surface area is 163 Å². The zero-order valence-corrected chi connectivity index (χ0v) is 15.8. The maximum atomic E-state index is 12.6. The Hall–Kier alpha value is -2.73. The van der Waals surface area contributed by atoms with E-state index >= 15 is 0 Å². The van der Waals surface area contributed by atoms with Gasteiger partial charge in [-0.15, -0.1) is 0 Å². The molecule has 0 amide bonds. The van der Waals surface area contributed by atoms with Crippen LogP contribution in [0.3, 0.4) is 0 Å². The van der Waals surface area contributed by atoms with Crippen LogP contribution in [-0.2, 0) is 25.1 Å². The Balaban J connectivity index is 1.51. The molecule has 0 spiro atoms. The highest BCUT2D eigenvalue weighted by Crippen LogP contribution is 2.22. The topological polar surface area (TPSA) is 59.0 Å². The van der Waals surface area contributed by atoms with Crippen LogP contribution in [0, 0.1) is 0 Å². The highest BCUT2D eigenvalue weighted by molar-refractivity contribution is 7.79. The van der Waals surface area contributed by atoms with Crippen LogP contribution in [0.15, 0.2) is 54.7 Å². The molecule has 27 heavy (non-hydrogen) atoms. The van der Waals surface area contributed by atoms with Crippen molar-refractivity contribution in [2.75, 3.05) is 11.4 Å². The lowest BCUT2D eigenvalue weighted by Gasteiger charge is -2.29. The molecule has 0 fully saturated rings. The zero-order valence-electron chi connectivity index (χ0n) is 14.9. The first-order chi connectivity index (χ1) is 13.2. The lowest BCUT2D eigenvalue weighted by atomic mass is 10.1. The van der Waals surface area contributed by atoms with Crippen molar-refractivity contribution in [2.45, 2.75) is 25.1 Å². The number of aromatic nitrogens is 3. The molecular weight excluding hydrogens is 356 g/mol. The quantitative estimate of drug-likeness (QED) is 0.547. The molecule has 4 rings (SSSR count). The number of ketones is 1. The summed E-state index contributed by atoms with van der Waals surface area (Å²) in [5.41, 5.74) is 3.69. The number of pyridine rings is 1. The first kappa shape index (κ1) is 17.7. The standard InChI is InChI=1S/C21H20N4OS/c26-19(11-15-5-2-1-3-6-15)18-7-4-8-21(24-18)25-10-9-17-16(13-25)12-22-20(14-27)23-17/h1-8,12,27H,9-11,13-14H2. The number of thiol groups is 1. The fraction of sp³-hybridized carbons (Fsp3) is 0.238. The van der Waals surface area contributed by atoms with Gasteiger partial charge in [0, 0.05) is 37.7 Å². The van der Waals surface area contributed by atoms with Crippen molar-refractivity contribution in [3.63, 3.8) is 0 Å². The summed E-state index contributed by atoms with van der Waals surface area (Å²) < 4.78 is 0. The number of anilines is 1. The molecule has 0 atom stereocenters. The van der Waals surface area contributed by atoms with E-state index in [9.17, 15) is 4.79 Å². The van der Waals surface area contributed by atoms with E-state index in [1.165, 1.54) is 0 Å². The molecule has 0 bridgehead atoms. The highest BCUT2D eigenvalue weighted by Gasteiger charge is 2.20. The van der Waals surface area contributed by atoms with Crippen LogP contribution in [0.1, 0.15) is 33.1 Å². The molecule has 0 saturated carbocycles. The van der Waals surface area contributed by atoms with Crippen molar-refractivity contribution in [3.05, 3.63) is 83.1 Å². The summed E-state index contributed by atoms with van der Waals surface area (Å²) >= 11 is 4.24. The molecule has 1 aromatic carbocycles. The molecule has 0 N–H and O–H groups in total. The van der Waals surface area contributed by atoms with Gasteiger partial charge in [-0.05, 0) is 17.7 Å². The highest BCUT2D eigenvalue weighted by atomic mass is 32.1. The minimum absolute atomic E-state index is 0.0298. The van der Waals surface area contributed by atoms with Gasteiger partial charge in [-0.1, -0.05) is 36.4 Å². The average molecular weight is 376 g/mol. The Bertz CT molecular complexity index is 961. The zero-order chi connectivity index (χ0) is 18.6. The smallest absolute Gasteiger partial charge is 0.185 e. The molecule has 1 aliphatic heterocycles. The van der Waals surface area contributed by atoms with Crippen LogP contribution < -0.4 is 4.90 Å². The summed E-state index contributed by atoms with van der Waals surface area (Å²) in [6, 6.07) is 15.4. The number of hydrogen-bond acceptors (Lipinski definition) is 6. The predicted molar refractivity (Wildman–Crippen MR) is 108 cm³/mol. The number of hydrogen-bond donors (Lipinski definition) is 1. The molecule has 5 nitrogen and oxygen atoms in total. The second-order valence-electron chi connectivity index (χ2n) is 6.55. The van der Waals surface area contributed by atoms with Gasteiger partial charge in [0.15, 0.2) is 5.78 Å². The van der Waals surface area contributed by atoms with Gasteiger partial charge in [-0.2, -0.15) is 12.6 Å². The molecule has 0 aliphatic carbocycles. The summed E-state index contributed by atoms with van der Waals surface area (Å²) in [5.74, 6) is 2.15. The molecule has 6 heteroatoms. The number of carbonyl (C=O) groups excluding carboxylic acids is 1. The number of carbonyl (C=O) groups is 1. The van der Waals surface area contributed by atoms with E-state index in [4.69, 9.17) is 0 Å². The average Bonchev–Trinajstić information content (AvgIpc) is 2.73. The van der Waals surface area contributed by atoms with Gasteiger partial charge in [-0.3, -0.25) is 4.79 Å². The number of Topliss-reactive ketones (excluding diaryl/α,β-unsaturated/α-hetero) is 1. The van der Waals surface area contributed by atoms with Gasteiger partial charge in [0.2, 0.25) is 0 Å². The maximum absolute atomic E-state index is 12.6. The van der Waals surface area contributed by atoms with Crippen molar-refractivity contribution >= 4 is 24.2 Å². The minimum Gasteiger partial charge on any atom is -0.352 e. The molecule has 1 aliphatic rings. The molecule has 0 unspecified atom stereocenters. The van der Waals surface area contributed by atoms with Crippen LogP contribution in [0.25, 0.3) is 0 Å². The van der Waals surface area contributed by atoms with Crippen molar-refractivity contribution < 1.29 is 4.79 Å². The van der Waals surface area contributed by atoms with E-state index in [0.717, 1.165) is 41.4 Å². The third kappa shape index (κ3) is 4.01. The maximum Gasteiger partial charge on any atom is 0.185 e. The third-order valence-electron chi connectivity index (χ3n) is 4.68. The predicted octanol–water partition coefficient (Wildman–Crippen LogP) is 3.29. The summed E-state index contributed by atoms with van der Waals surface area (Å²) in [7, 11) is 0. The molecule has 0 saturated heterocycles. The Kier molecular flexibility index (Phi) is 5.16. The van der Waals surface area contributed by atoms with Crippen molar-refractivity contribution in [3.8, 4) is 0 Å². The molecule has 136 valence electrons. The first-order valence-corrected chi connectivity index (χ1v) is 9.60. The number of nitrogens with zero attached hydrogens (tertiary/aromatic N) is 4. The number of rotatable bonds is 5. The minimum atomic E-state index is 0.0298.